The van der Waals surface area contributed by atoms with Gasteiger partial charge in [0, 0.05) is 16.7 Å². The third kappa shape index (κ3) is 2.46. The van der Waals surface area contributed by atoms with E-state index in [1.807, 2.05) is 11.4 Å². The molecule has 5 nitrogen and oxygen atoms in total. The quantitative estimate of drug-likeness (QED) is 0.946. The first-order chi connectivity index (χ1) is 9.65. The van der Waals surface area contributed by atoms with Crippen LogP contribution in [-0.2, 0) is 17.8 Å². The minimum absolute atomic E-state index is 0.0628. The van der Waals surface area contributed by atoms with E-state index in [4.69, 9.17) is 5.11 Å². The van der Waals surface area contributed by atoms with Crippen LogP contribution in [0.3, 0.4) is 0 Å². The lowest BCUT2D eigenvalue weighted by atomic mass is 10.2. The number of nitrogens with zero attached hydrogens (tertiary/aromatic N) is 2. The van der Waals surface area contributed by atoms with Gasteiger partial charge in [-0.05, 0) is 24.3 Å². The minimum Gasteiger partial charge on any atom is -0.476 e. The maximum atomic E-state index is 12.2. The van der Waals surface area contributed by atoms with Gasteiger partial charge < -0.3 is 10.0 Å². The number of anilines is 1. The second-order valence-electron chi connectivity index (χ2n) is 4.51. The smallest absolute Gasteiger partial charge is 0.365 e. The second-order valence-corrected chi connectivity index (χ2v) is 6.37. The first-order valence-electron chi connectivity index (χ1n) is 6.19. The van der Waals surface area contributed by atoms with Crippen LogP contribution in [0.25, 0.3) is 0 Å². The number of thiophene rings is 1. The lowest BCUT2D eigenvalue weighted by Gasteiger charge is -2.19. The van der Waals surface area contributed by atoms with Crippen molar-refractivity contribution in [2.45, 2.75) is 25.8 Å². The summed E-state index contributed by atoms with van der Waals surface area (Å²) < 4.78 is 0. The highest BCUT2D eigenvalue weighted by Gasteiger charge is 2.24. The maximum Gasteiger partial charge on any atom is 0.365 e. The Balaban J connectivity index is 1.88. The largest absolute Gasteiger partial charge is 0.476 e. The molecule has 1 N–H and O–H groups in total. The van der Waals surface area contributed by atoms with Crippen molar-refractivity contribution in [3.63, 3.8) is 0 Å². The zero-order valence-corrected chi connectivity index (χ0v) is 12.2. The molecule has 0 saturated carbocycles. The summed E-state index contributed by atoms with van der Waals surface area (Å²) in [5.41, 5.74) is 1.57. The van der Waals surface area contributed by atoms with Crippen LogP contribution in [0.1, 0.15) is 33.2 Å². The van der Waals surface area contributed by atoms with Crippen LogP contribution in [0.4, 0.5) is 5.69 Å². The molecule has 2 aromatic heterocycles. The normalized spacial score (nSPS) is 15.0. The van der Waals surface area contributed by atoms with Crippen LogP contribution in [0.15, 0.2) is 16.8 Å². The molecule has 3 rings (SSSR count). The van der Waals surface area contributed by atoms with Crippen molar-refractivity contribution >= 4 is 40.2 Å². The molecule has 0 spiro atoms. The summed E-state index contributed by atoms with van der Waals surface area (Å²) in [6, 6.07) is 1.95. The molecular weight excluding hydrogens is 296 g/mol. The molecule has 1 aliphatic rings. The Morgan fingerprint density at radius 2 is 2.25 bits per heavy atom. The number of aromatic carboxylic acids is 1. The standard InChI is InChI=1S/C13H12N2O3S2/c16-11-3-1-2-10-9(4-5-19-10)15(11)6-8-7-20-12(14-8)13(17)18/h4-5,7H,1-3,6H2,(H,17,18). The highest BCUT2D eigenvalue weighted by molar-refractivity contribution is 7.11. The van der Waals surface area contributed by atoms with Crippen LogP contribution < -0.4 is 4.90 Å². The molecule has 0 atom stereocenters. The Morgan fingerprint density at radius 3 is 3.00 bits per heavy atom. The molecule has 0 unspecified atom stereocenters. The van der Waals surface area contributed by atoms with Gasteiger partial charge in [0.15, 0.2) is 0 Å². The second kappa shape index (κ2) is 5.34. The maximum absolute atomic E-state index is 12.2. The van der Waals surface area contributed by atoms with Gasteiger partial charge in [0.25, 0.3) is 0 Å². The van der Waals surface area contributed by atoms with Gasteiger partial charge >= 0.3 is 5.97 Å². The number of carbonyl (C=O) groups excluding carboxylic acids is 1. The number of fused-ring (bicyclic) bond motifs is 1. The Labute approximate surface area is 123 Å². The number of rotatable bonds is 3. The van der Waals surface area contributed by atoms with E-state index in [-0.39, 0.29) is 10.9 Å². The zero-order chi connectivity index (χ0) is 14.1. The molecule has 1 amide bonds. The molecule has 0 radical (unpaired) electrons. The van der Waals surface area contributed by atoms with Crippen molar-refractivity contribution in [1.29, 1.82) is 0 Å². The molecule has 0 bridgehead atoms. The Hall–Kier alpha value is -1.73. The van der Waals surface area contributed by atoms with E-state index in [0.717, 1.165) is 29.9 Å². The van der Waals surface area contributed by atoms with E-state index >= 15 is 0 Å². The van der Waals surface area contributed by atoms with Gasteiger partial charge in [-0.2, -0.15) is 0 Å². The third-order valence-electron chi connectivity index (χ3n) is 3.16. The van der Waals surface area contributed by atoms with E-state index in [1.165, 1.54) is 4.88 Å². The molecule has 7 heteroatoms. The molecule has 1 aliphatic heterocycles. The molecule has 0 saturated heterocycles. The average molecular weight is 308 g/mol. The summed E-state index contributed by atoms with van der Waals surface area (Å²) in [5.74, 6) is -0.952. The van der Waals surface area contributed by atoms with E-state index < -0.39 is 5.97 Å². The number of aromatic nitrogens is 1. The molecule has 3 heterocycles. The summed E-state index contributed by atoms with van der Waals surface area (Å²) in [6.07, 6.45) is 2.31. The Bertz CT molecular complexity index is 662. The number of carboxylic acids is 1. The molecule has 0 aromatic carbocycles. The Kier molecular flexibility index (Phi) is 3.54. The number of hydrogen-bond donors (Lipinski definition) is 1. The van der Waals surface area contributed by atoms with Crippen LogP contribution in [0, 0.1) is 0 Å². The fourth-order valence-electron chi connectivity index (χ4n) is 2.24. The predicted octanol–water partition coefficient (Wildman–Crippen LogP) is 2.77. The van der Waals surface area contributed by atoms with Crippen molar-refractivity contribution in [2.75, 3.05) is 4.90 Å². The van der Waals surface area contributed by atoms with Crippen molar-refractivity contribution in [2.24, 2.45) is 0 Å². The average Bonchev–Trinajstić information content (AvgIpc) is 3.02. The van der Waals surface area contributed by atoms with Crippen LogP contribution >= 0.6 is 22.7 Å². The number of thiazole rings is 1. The van der Waals surface area contributed by atoms with Gasteiger partial charge in [-0.3, -0.25) is 4.79 Å². The van der Waals surface area contributed by atoms with Gasteiger partial charge in [-0.15, -0.1) is 22.7 Å². The van der Waals surface area contributed by atoms with Crippen molar-refractivity contribution in [3.05, 3.63) is 32.4 Å². The van der Waals surface area contributed by atoms with E-state index in [2.05, 4.69) is 4.98 Å². The topological polar surface area (TPSA) is 70.5 Å². The van der Waals surface area contributed by atoms with Gasteiger partial charge in [0.05, 0.1) is 17.9 Å². The number of aryl methyl sites for hydroxylation is 1. The monoisotopic (exact) mass is 308 g/mol. The number of amides is 1. The summed E-state index contributed by atoms with van der Waals surface area (Å²) in [6.45, 7) is 0.340. The summed E-state index contributed by atoms with van der Waals surface area (Å²) in [4.78, 5) is 30.1. The first kappa shape index (κ1) is 13.3. The summed E-state index contributed by atoms with van der Waals surface area (Å²) >= 11 is 2.75. The van der Waals surface area contributed by atoms with E-state index in [1.54, 1.807) is 21.6 Å². The van der Waals surface area contributed by atoms with E-state index in [9.17, 15) is 9.59 Å². The van der Waals surface area contributed by atoms with Gasteiger partial charge in [-0.25, -0.2) is 9.78 Å². The highest BCUT2D eigenvalue weighted by Crippen LogP contribution is 2.32. The number of carboxylic acid groups (broad SMARTS) is 1. The molecule has 20 heavy (non-hydrogen) atoms. The fourth-order valence-corrected chi connectivity index (χ4v) is 3.81. The third-order valence-corrected chi connectivity index (χ3v) is 5.01. The molecule has 104 valence electrons. The Morgan fingerprint density at radius 1 is 1.40 bits per heavy atom. The summed E-state index contributed by atoms with van der Waals surface area (Å²) in [7, 11) is 0. The lowest BCUT2D eigenvalue weighted by Crippen LogP contribution is -2.29. The fraction of sp³-hybridized carbons (Fsp3) is 0.308. The van der Waals surface area contributed by atoms with Crippen LogP contribution in [0.5, 0.6) is 0 Å². The van der Waals surface area contributed by atoms with Gasteiger partial charge in [0.1, 0.15) is 0 Å². The molecule has 0 fully saturated rings. The highest BCUT2D eigenvalue weighted by atomic mass is 32.1. The number of carbonyl (C=O) groups is 2. The SMILES string of the molecule is O=C(O)c1nc(CN2C(=O)CCCc3sccc32)cs1. The number of hydrogen-bond acceptors (Lipinski definition) is 5. The van der Waals surface area contributed by atoms with Crippen molar-refractivity contribution in [3.8, 4) is 0 Å². The van der Waals surface area contributed by atoms with Gasteiger partial charge in [-0.1, -0.05) is 0 Å². The van der Waals surface area contributed by atoms with Crippen molar-refractivity contribution < 1.29 is 14.7 Å². The van der Waals surface area contributed by atoms with Crippen molar-refractivity contribution in [1.82, 2.24) is 4.98 Å². The molecule has 2 aromatic rings. The van der Waals surface area contributed by atoms with Crippen LogP contribution in [-0.4, -0.2) is 22.0 Å². The first-order valence-corrected chi connectivity index (χ1v) is 7.95. The molecular formula is C13H12N2O3S2. The summed E-state index contributed by atoms with van der Waals surface area (Å²) in [5, 5.41) is 12.6. The van der Waals surface area contributed by atoms with E-state index in [0.29, 0.717) is 18.7 Å². The van der Waals surface area contributed by atoms with Gasteiger partial charge in [0.2, 0.25) is 10.9 Å². The predicted molar refractivity (Wildman–Crippen MR) is 77.5 cm³/mol. The minimum atomic E-state index is -1.03. The van der Waals surface area contributed by atoms with Crippen LogP contribution in [0.2, 0.25) is 0 Å². The lowest BCUT2D eigenvalue weighted by molar-refractivity contribution is -0.118. The molecule has 0 aliphatic carbocycles. The zero-order valence-electron chi connectivity index (χ0n) is 10.5.